The minimum absolute atomic E-state index is 0.000196. The van der Waals surface area contributed by atoms with Crippen LogP contribution in [0.3, 0.4) is 0 Å². The van der Waals surface area contributed by atoms with E-state index in [1.165, 1.54) is 11.0 Å². The van der Waals surface area contributed by atoms with Crippen molar-refractivity contribution in [2.75, 3.05) is 12.4 Å². The zero-order chi connectivity index (χ0) is 30.8. The Morgan fingerprint density at radius 2 is 1.98 bits per heavy atom. The summed E-state index contributed by atoms with van der Waals surface area (Å²) in [7, 11) is 1.78. The molecule has 1 unspecified atom stereocenters. The molecule has 224 valence electrons. The van der Waals surface area contributed by atoms with Crippen molar-refractivity contribution in [1.82, 2.24) is 29.3 Å². The monoisotopic (exact) mass is 611 g/mol. The first-order valence-corrected chi connectivity index (χ1v) is 14.2. The molecule has 1 aliphatic rings. The molecule has 3 aromatic heterocycles. The number of aromatic nitrogens is 5. The number of alkyl halides is 3. The lowest BCUT2D eigenvalue weighted by Gasteiger charge is -2.35. The summed E-state index contributed by atoms with van der Waals surface area (Å²) in [5.74, 6) is 0.375. The first kappa shape index (κ1) is 28.8. The Labute approximate surface area is 249 Å². The number of halogens is 4. The van der Waals surface area contributed by atoms with Crippen LogP contribution < -0.4 is 10.9 Å². The van der Waals surface area contributed by atoms with Gasteiger partial charge in [0.05, 0.1) is 40.2 Å². The van der Waals surface area contributed by atoms with E-state index in [-0.39, 0.29) is 30.0 Å². The molecule has 13 heteroatoms. The predicted octanol–water partition coefficient (Wildman–Crippen LogP) is 5.86. The predicted molar refractivity (Wildman–Crippen MR) is 158 cm³/mol. The third-order valence-electron chi connectivity index (χ3n) is 7.89. The quantitative estimate of drug-likeness (QED) is 0.259. The Kier molecular flexibility index (Phi) is 6.99. The number of carbonyl (C=O) groups is 1. The average molecular weight is 612 g/mol. The van der Waals surface area contributed by atoms with Crippen molar-refractivity contribution in [2.45, 2.75) is 52.4 Å². The topological polar surface area (TPSA) is 100 Å². The highest BCUT2D eigenvalue weighted by atomic mass is 35.5. The number of nitrogens with one attached hydrogen (secondary N) is 2. The molecule has 2 N–H and O–H groups in total. The lowest BCUT2D eigenvalue weighted by molar-refractivity contribution is -0.137. The van der Waals surface area contributed by atoms with Gasteiger partial charge in [-0.2, -0.15) is 23.4 Å². The van der Waals surface area contributed by atoms with Crippen LogP contribution in [0.2, 0.25) is 5.02 Å². The summed E-state index contributed by atoms with van der Waals surface area (Å²) >= 11 is 5.79. The van der Waals surface area contributed by atoms with Gasteiger partial charge in [-0.15, -0.1) is 0 Å². The van der Waals surface area contributed by atoms with E-state index >= 15 is 0 Å². The van der Waals surface area contributed by atoms with E-state index in [9.17, 15) is 22.8 Å². The fourth-order valence-electron chi connectivity index (χ4n) is 5.86. The van der Waals surface area contributed by atoms with E-state index in [0.29, 0.717) is 34.8 Å². The first-order chi connectivity index (χ1) is 20.4. The number of amides is 1. The normalized spacial score (nSPS) is 15.5. The summed E-state index contributed by atoms with van der Waals surface area (Å²) in [4.78, 5) is 29.4. The maximum absolute atomic E-state index is 14.3. The van der Waals surface area contributed by atoms with Crippen LogP contribution >= 0.6 is 11.6 Å². The fourth-order valence-corrected chi connectivity index (χ4v) is 6.08. The number of benzene rings is 2. The largest absolute Gasteiger partial charge is 0.417 e. The van der Waals surface area contributed by atoms with E-state index in [0.717, 1.165) is 28.6 Å². The van der Waals surface area contributed by atoms with E-state index in [2.05, 4.69) is 34.5 Å². The molecule has 0 radical (unpaired) electrons. The van der Waals surface area contributed by atoms with Gasteiger partial charge in [-0.25, -0.2) is 4.52 Å². The van der Waals surface area contributed by atoms with Crippen molar-refractivity contribution in [2.24, 2.45) is 5.92 Å². The molecular weight excluding hydrogens is 583 g/mol. The number of anilines is 1. The number of aromatic amines is 1. The number of H-pyrrole nitrogens is 1. The van der Waals surface area contributed by atoms with Gasteiger partial charge in [0.2, 0.25) is 0 Å². The maximum Gasteiger partial charge on any atom is 0.417 e. The molecule has 0 spiro atoms. The summed E-state index contributed by atoms with van der Waals surface area (Å²) in [6.07, 6.45) is -2.12. The van der Waals surface area contributed by atoms with Crippen molar-refractivity contribution in [3.8, 4) is 5.69 Å². The molecule has 5 aromatic rings. The van der Waals surface area contributed by atoms with Gasteiger partial charge in [0.1, 0.15) is 5.65 Å². The highest BCUT2D eigenvalue weighted by molar-refractivity contribution is 6.31. The van der Waals surface area contributed by atoms with Gasteiger partial charge in [-0.05, 0) is 62.1 Å². The van der Waals surface area contributed by atoms with Gasteiger partial charge in [0.25, 0.3) is 11.5 Å². The summed E-state index contributed by atoms with van der Waals surface area (Å²) in [6, 6.07) is 8.30. The molecule has 0 saturated carbocycles. The second-order valence-corrected chi connectivity index (χ2v) is 11.7. The number of hydrogen-bond acceptors (Lipinski definition) is 5. The summed E-state index contributed by atoms with van der Waals surface area (Å²) in [6.45, 7) is 5.92. The van der Waals surface area contributed by atoms with E-state index in [1.54, 1.807) is 29.3 Å². The Balaban J connectivity index is 1.50. The van der Waals surface area contributed by atoms with E-state index < -0.39 is 28.7 Å². The number of nitrogens with zero attached hydrogens (tertiary/aromatic N) is 5. The van der Waals surface area contributed by atoms with Crippen LogP contribution in [0.15, 0.2) is 47.4 Å². The van der Waals surface area contributed by atoms with Crippen LogP contribution in [0.4, 0.5) is 19.0 Å². The van der Waals surface area contributed by atoms with Gasteiger partial charge >= 0.3 is 6.18 Å². The van der Waals surface area contributed by atoms with Crippen molar-refractivity contribution in [1.29, 1.82) is 0 Å². The molecule has 1 aliphatic heterocycles. The van der Waals surface area contributed by atoms with Crippen LogP contribution in [0.25, 0.3) is 22.2 Å². The van der Waals surface area contributed by atoms with Crippen molar-refractivity contribution >= 4 is 39.9 Å². The van der Waals surface area contributed by atoms with Crippen molar-refractivity contribution in [3.05, 3.63) is 85.9 Å². The molecule has 9 nitrogen and oxygen atoms in total. The first-order valence-electron chi connectivity index (χ1n) is 13.9. The highest BCUT2D eigenvalue weighted by Crippen LogP contribution is 2.36. The molecular formula is C30H29ClF3N7O2. The van der Waals surface area contributed by atoms with Gasteiger partial charge in [0, 0.05) is 35.2 Å². The molecule has 0 fully saturated rings. The summed E-state index contributed by atoms with van der Waals surface area (Å²) in [5, 5.41) is 15.4. The van der Waals surface area contributed by atoms with E-state index in [1.807, 2.05) is 18.2 Å². The van der Waals surface area contributed by atoms with Crippen LogP contribution in [0.1, 0.15) is 53.5 Å². The molecule has 1 amide bonds. The fraction of sp³-hybridized carbons (Fsp3) is 0.333. The standard InChI is InChI=1S/C30H29ClF3N7O2/c1-15(2)9-18-13-36-41-25-14-39(28(42)17-5-8-23(31)22(11-17)30(32,33)34)16(3)10-21(25)29(43)40(27(18)41)19-6-7-20-24(12-19)37-38-26(20)35-4/h5-8,11-13,15-16H,9-10,14H2,1-4H3,(H2,35,37,38). The third-order valence-corrected chi connectivity index (χ3v) is 8.22. The van der Waals surface area contributed by atoms with Gasteiger partial charge in [-0.3, -0.25) is 19.3 Å². The molecule has 1 atom stereocenters. The molecule has 0 bridgehead atoms. The Morgan fingerprint density at radius 1 is 1.21 bits per heavy atom. The van der Waals surface area contributed by atoms with Crippen LogP contribution in [0, 0.1) is 5.92 Å². The van der Waals surface area contributed by atoms with Crippen molar-refractivity contribution < 1.29 is 18.0 Å². The van der Waals surface area contributed by atoms with Crippen LogP contribution in [0.5, 0.6) is 0 Å². The second-order valence-electron chi connectivity index (χ2n) is 11.3. The highest BCUT2D eigenvalue weighted by Gasteiger charge is 2.36. The Hall–Kier alpha value is -4.32. The van der Waals surface area contributed by atoms with Gasteiger partial charge in [-0.1, -0.05) is 25.4 Å². The number of carbonyl (C=O) groups excluding carboxylic acids is 1. The lowest BCUT2D eigenvalue weighted by atomic mass is 9.97. The number of hydrogen-bond donors (Lipinski definition) is 2. The zero-order valence-corrected chi connectivity index (χ0v) is 24.6. The Bertz CT molecular complexity index is 1960. The van der Waals surface area contributed by atoms with Gasteiger partial charge < -0.3 is 10.2 Å². The average Bonchev–Trinajstić information content (AvgIpc) is 3.56. The molecule has 4 heterocycles. The smallest absolute Gasteiger partial charge is 0.371 e. The third kappa shape index (κ3) is 4.83. The van der Waals surface area contributed by atoms with Crippen LogP contribution in [-0.4, -0.2) is 48.3 Å². The maximum atomic E-state index is 14.3. The molecule has 2 aromatic carbocycles. The molecule has 0 saturated heterocycles. The molecule has 43 heavy (non-hydrogen) atoms. The SMILES string of the molecule is CNc1n[nH]c2cc(-n3c(=O)c4c(n5ncc(CC(C)C)c35)CN(C(=O)c3ccc(Cl)c(C(F)(F)F)c3)C(C)C4)ccc12. The molecule has 6 rings (SSSR count). The molecule has 0 aliphatic carbocycles. The second kappa shape index (κ2) is 10.4. The number of rotatable bonds is 5. The van der Waals surface area contributed by atoms with Gasteiger partial charge in [0.15, 0.2) is 5.82 Å². The van der Waals surface area contributed by atoms with Crippen molar-refractivity contribution in [3.63, 3.8) is 0 Å². The minimum atomic E-state index is -4.71. The zero-order valence-electron chi connectivity index (χ0n) is 23.9. The lowest BCUT2D eigenvalue weighted by Crippen LogP contribution is -2.46. The number of fused-ring (bicyclic) bond motifs is 4. The summed E-state index contributed by atoms with van der Waals surface area (Å²) in [5.41, 5.74) is 2.42. The van der Waals surface area contributed by atoms with Crippen LogP contribution in [-0.2, 0) is 25.6 Å². The summed E-state index contributed by atoms with van der Waals surface area (Å²) < 4.78 is 44.0. The minimum Gasteiger partial charge on any atom is -0.371 e. The Morgan fingerprint density at radius 3 is 2.67 bits per heavy atom. The van der Waals surface area contributed by atoms with E-state index in [4.69, 9.17) is 11.6 Å².